The smallest absolute Gasteiger partial charge is 0.257 e. The van der Waals surface area contributed by atoms with Crippen LogP contribution in [0.15, 0.2) is 78.9 Å². The molecular formula is C29H33N3O4. The maximum Gasteiger partial charge on any atom is 0.257 e. The zero-order chi connectivity index (χ0) is 25.0. The zero-order valence-electron chi connectivity index (χ0n) is 20.7. The summed E-state index contributed by atoms with van der Waals surface area (Å²) < 4.78 is 18.8. The lowest BCUT2D eigenvalue weighted by Crippen LogP contribution is -2.30. The summed E-state index contributed by atoms with van der Waals surface area (Å²) >= 11 is 0. The van der Waals surface area contributed by atoms with Gasteiger partial charge in [0.05, 0.1) is 24.8 Å². The average Bonchev–Trinajstić information content (AvgIpc) is 3.28. The van der Waals surface area contributed by atoms with Gasteiger partial charge in [0.15, 0.2) is 6.61 Å². The minimum atomic E-state index is -0.121. The van der Waals surface area contributed by atoms with E-state index in [1.165, 1.54) is 0 Å². The number of imidazole rings is 1. The van der Waals surface area contributed by atoms with Crippen LogP contribution in [-0.4, -0.2) is 42.3 Å². The molecule has 0 atom stereocenters. The van der Waals surface area contributed by atoms with Crippen molar-refractivity contribution in [2.24, 2.45) is 0 Å². The number of fused-ring (bicyclic) bond motifs is 1. The summed E-state index contributed by atoms with van der Waals surface area (Å²) in [4.78, 5) is 16.9. The minimum Gasteiger partial charge on any atom is -0.497 e. The van der Waals surface area contributed by atoms with Gasteiger partial charge in [-0.3, -0.25) is 4.79 Å². The van der Waals surface area contributed by atoms with E-state index in [0.717, 1.165) is 60.6 Å². The van der Waals surface area contributed by atoms with Crippen LogP contribution in [0, 0.1) is 0 Å². The molecule has 0 unspecified atom stereocenters. The number of ether oxygens (including phenoxy) is 3. The molecule has 0 bridgehead atoms. The third-order valence-electron chi connectivity index (χ3n) is 5.85. The summed E-state index contributed by atoms with van der Waals surface area (Å²) in [6.45, 7) is 2.13. The van der Waals surface area contributed by atoms with Gasteiger partial charge >= 0.3 is 0 Å². The molecule has 188 valence electrons. The first-order valence-electron chi connectivity index (χ1n) is 12.4. The molecule has 0 aliphatic rings. The second kappa shape index (κ2) is 13.2. The number of hydrogen-bond donors (Lipinski definition) is 1. The van der Waals surface area contributed by atoms with Crippen LogP contribution in [0.2, 0.25) is 0 Å². The maximum atomic E-state index is 12.1. The summed E-state index contributed by atoms with van der Waals surface area (Å²) in [6.07, 6.45) is 3.52. The van der Waals surface area contributed by atoms with Gasteiger partial charge in [0.25, 0.3) is 5.91 Å². The molecule has 4 aromatic rings. The van der Waals surface area contributed by atoms with Crippen LogP contribution in [0.1, 0.15) is 25.1 Å². The van der Waals surface area contributed by atoms with Crippen molar-refractivity contribution in [1.29, 1.82) is 0 Å². The molecule has 3 aromatic carbocycles. The molecule has 0 saturated heterocycles. The predicted octanol–water partition coefficient (Wildman–Crippen LogP) is 5.03. The number of unbranched alkanes of at least 4 members (excludes halogenated alkanes) is 1. The quantitative estimate of drug-likeness (QED) is 0.253. The Balaban J connectivity index is 1.22. The van der Waals surface area contributed by atoms with E-state index in [1.54, 1.807) is 7.11 Å². The van der Waals surface area contributed by atoms with Gasteiger partial charge in [0, 0.05) is 19.5 Å². The van der Waals surface area contributed by atoms with Gasteiger partial charge in [-0.05, 0) is 67.8 Å². The third-order valence-corrected chi connectivity index (χ3v) is 5.85. The number of carbonyl (C=O) groups is 1. The molecule has 0 saturated carbocycles. The fraction of sp³-hybridized carbons (Fsp3) is 0.310. The minimum absolute atomic E-state index is 0.0150. The number of hydrogen-bond acceptors (Lipinski definition) is 5. The summed E-state index contributed by atoms with van der Waals surface area (Å²) in [7, 11) is 1.65. The number of carbonyl (C=O) groups excluding carboxylic acids is 1. The van der Waals surface area contributed by atoms with Gasteiger partial charge in [-0.2, -0.15) is 0 Å². The normalized spacial score (nSPS) is 10.8. The molecule has 1 N–H and O–H groups in total. The third kappa shape index (κ3) is 7.25. The first-order chi connectivity index (χ1) is 17.7. The first-order valence-corrected chi connectivity index (χ1v) is 12.4. The Bertz CT molecular complexity index is 1220. The Morgan fingerprint density at radius 2 is 1.56 bits per heavy atom. The molecule has 4 rings (SSSR count). The van der Waals surface area contributed by atoms with E-state index < -0.39 is 0 Å². The van der Waals surface area contributed by atoms with Gasteiger partial charge in [0.2, 0.25) is 0 Å². The molecule has 0 radical (unpaired) electrons. The van der Waals surface area contributed by atoms with E-state index in [4.69, 9.17) is 19.2 Å². The van der Waals surface area contributed by atoms with Crippen LogP contribution in [-0.2, 0) is 17.8 Å². The summed E-state index contributed by atoms with van der Waals surface area (Å²) in [5.41, 5.74) is 2.14. The second-order valence-corrected chi connectivity index (χ2v) is 8.45. The van der Waals surface area contributed by atoms with Crippen LogP contribution in [0.4, 0.5) is 0 Å². The number of methoxy groups -OCH3 is 1. The Hall–Kier alpha value is -4.00. The largest absolute Gasteiger partial charge is 0.497 e. The molecule has 7 heteroatoms. The number of nitrogens with one attached hydrogen (secondary N) is 1. The summed E-state index contributed by atoms with van der Waals surface area (Å²) in [5.74, 6) is 3.28. The highest BCUT2D eigenvalue weighted by Crippen LogP contribution is 2.19. The van der Waals surface area contributed by atoms with Crippen molar-refractivity contribution in [1.82, 2.24) is 14.9 Å². The second-order valence-electron chi connectivity index (χ2n) is 8.45. The summed E-state index contributed by atoms with van der Waals surface area (Å²) in [6, 6.07) is 25.2. The van der Waals surface area contributed by atoms with Crippen molar-refractivity contribution in [3.8, 4) is 17.2 Å². The number of para-hydroxylation sites is 3. The molecule has 0 aliphatic carbocycles. The van der Waals surface area contributed by atoms with Crippen molar-refractivity contribution in [3.63, 3.8) is 0 Å². The number of nitrogens with zero attached hydrogens (tertiary/aromatic N) is 2. The van der Waals surface area contributed by atoms with Gasteiger partial charge in [-0.25, -0.2) is 4.98 Å². The van der Waals surface area contributed by atoms with Crippen molar-refractivity contribution < 1.29 is 19.0 Å². The number of amides is 1. The fourth-order valence-electron chi connectivity index (χ4n) is 3.99. The highest BCUT2D eigenvalue weighted by molar-refractivity contribution is 5.77. The van der Waals surface area contributed by atoms with E-state index >= 15 is 0 Å². The summed E-state index contributed by atoms with van der Waals surface area (Å²) in [5, 5.41) is 2.93. The zero-order valence-corrected chi connectivity index (χ0v) is 20.7. The predicted molar refractivity (Wildman–Crippen MR) is 141 cm³/mol. The van der Waals surface area contributed by atoms with Crippen molar-refractivity contribution in [2.75, 3.05) is 26.9 Å². The lowest BCUT2D eigenvalue weighted by atomic mass is 10.2. The van der Waals surface area contributed by atoms with Gasteiger partial charge in [-0.15, -0.1) is 0 Å². The highest BCUT2D eigenvalue weighted by atomic mass is 16.5. The monoisotopic (exact) mass is 487 g/mol. The van der Waals surface area contributed by atoms with Crippen LogP contribution in [0.3, 0.4) is 0 Å². The number of benzene rings is 3. The molecule has 0 spiro atoms. The number of aromatic nitrogens is 2. The molecule has 1 aromatic heterocycles. The van der Waals surface area contributed by atoms with Crippen LogP contribution >= 0.6 is 0 Å². The Morgan fingerprint density at radius 1 is 0.833 bits per heavy atom. The first kappa shape index (κ1) is 25.1. The fourth-order valence-corrected chi connectivity index (χ4v) is 3.99. The molecule has 1 heterocycles. The van der Waals surface area contributed by atoms with Crippen LogP contribution in [0.25, 0.3) is 11.0 Å². The lowest BCUT2D eigenvalue weighted by Gasteiger charge is -2.11. The van der Waals surface area contributed by atoms with Crippen LogP contribution < -0.4 is 19.5 Å². The molecule has 1 amide bonds. The number of rotatable bonds is 14. The van der Waals surface area contributed by atoms with E-state index in [0.29, 0.717) is 18.9 Å². The molecule has 7 nitrogen and oxygen atoms in total. The molecule has 36 heavy (non-hydrogen) atoms. The highest BCUT2D eigenvalue weighted by Gasteiger charge is 2.11. The van der Waals surface area contributed by atoms with E-state index in [9.17, 15) is 4.79 Å². The van der Waals surface area contributed by atoms with Gasteiger partial charge < -0.3 is 24.1 Å². The van der Waals surface area contributed by atoms with Crippen molar-refractivity contribution in [3.05, 3.63) is 84.7 Å². The molecular weight excluding hydrogens is 454 g/mol. The maximum absolute atomic E-state index is 12.1. The van der Waals surface area contributed by atoms with E-state index in [2.05, 4.69) is 16.0 Å². The number of aryl methyl sites for hydroxylation is 2. The Morgan fingerprint density at radius 3 is 2.36 bits per heavy atom. The Kier molecular flexibility index (Phi) is 9.19. The van der Waals surface area contributed by atoms with Gasteiger partial charge in [-0.1, -0.05) is 30.3 Å². The average molecular weight is 488 g/mol. The van der Waals surface area contributed by atoms with Gasteiger partial charge in [0.1, 0.15) is 23.1 Å². The lowest BCUT2D eigenvalue weighted by molar-refractivity contribution is -0.123. The SMILES string of the molecule is COc1ccc(OCCCCn2c(CCCNC(=O)COc3ccccc3)nc3ccccc32)cc1. The Labute approximate surface area is 212 Å². The van der Waals surface area contributed by atoms with Crippen molar-refractivity contribution in [2.45, 2.75) is 32.2 Å². The molecule has 0 aliphatic heterocycles. The van der Waals surface area contributed by atoms with E-state index in [1.807, 2.05) is 72.8 Å². The van der Waals surface area contributed by atoms with E-state index in [-0.39, 0.29) is 12.5 Å². The molecule has 0 fully saturated rings. The topological polar surface area (TPSA) is 74.6 Å². The van der Waals surface area contributed by atoms with Crippen LogP contribution in [0.5, 0.6) is 17.2 Å². The standard InChI is InChI=1S/C29H33N3O4/c1-34-23-15-17-25(18-16-23)35-21-8-7-20-32-27-13-6-5-12-26(27)31-28(32)14-9-19-30-29(33)22-36-24-10-3-2-4-11-24/h2-6,10-13,15-18H,7-9,14,19-22H2,1H3,(H,30,33). The van der Waals surface area contributed by atoms with Crippen molar-refractivity contribution >= 4 is 16.9 Å².